The molecule has 1 atom stereocenters. The molecule has 2 heteroatoms. The summed E-state index contributed by atoms with van der Waals surface area (Å²) in [7, 11) is 0. The van der Waals surface area contributed by atoms with Gasteiger partial charge in [0.1, 0.15) is 0 Å². The highest BCUT2D eigenvalue weighted by atomic mass is 16.4. The molecular weight excluding hydrogens is 248 g/mol. The first-order valence-electron chi connectivity index (χ1n) is 7.06. The van der Waals surface area contributed by atoms with Crippen LogP contribution >= 0.6 is 0 Å². The lowest BCUT2D eigenvalue weighted by molar-refractivity contribution is -0.141. The standard InChI is InChI=1S/C18H18O2/c19-17(20)14-11-12-18(13-14,15-7-3-1-4-8-15)16-9-5-2-6-10-16/h1-10,14H,11-13H2,(H,19,20). The van der Waals surface area contributed by atoms with Gasteiger partial charge in [-0.05, 0) is 30.4 Å². The number of aliphatic carboxylic acids is 1. The van der Waals surface area contributed by atoms with E-state index in [1.54, 1.807) is 0 Å². The SMILES string of the molecule is O=C(O)C1CCC(c2ccccc2)(c2ccccc2)C1. The van der Waals surface area contributed by atoms with Gasteiger partial charge in [0.15, 0.2) is 0 Å². The van der Waals surface area contributed by atoms with Crippen LogP contribution in [-0.4, -0.2) is 11.1 Å². The van der Waals surface area contributed by atoms with Gasteiger partial charge in [0, 0.05) is 5.41 Å². The van der Waals surface area contributed by atoms with E-state index in [2.05, 4.69) is 24.3 Å². The molecule has 102 valence electrons. The largest absolute Gasteiger partial charge is 0.481 e. The molecule has 1 fully saturated rings. The molecule has 0 saturated heterocycles. The Morgan fingerprint density at radius 2 is 1.45 bits per heavy atom. The molecule has 0 radical (unpaired) electrons. The Balaban J connectivity index is 2.08. The van der Waals surface area contributed by atoms with E-state index < -0.39 is 5.97 Å². The van der Waals surface area contributed by atoms with Crippen molar-refractivity contribution in [1.29, 1.82) is 0 Å². The average Bonchev–Trinajstić information content (AvgIpc) is 2.96. The minimum atomic E-state index is -0.668. The third kappa shape index (κ3) is 2.11. The molecule has 0 spiro atoms. The van der Waals surface area contributed by atoms with Crippen LogP contribution < -0.4 is 0 Å². The summed E-state index contributed by atoms with van der Waals surface area (Å²) >= 11 is 0. The van der Waals surface area contributed by atoms with Crippen molar-refractivity contribution in [3.63, 3.8) is 0 Å². The van der Waals surface area contributed by atoms with Crippen molar-refractivity contribution >= 4 is 5.97 Å². The molecule has 2 nitrogen and oxygen atoms in total. The average molecular weight is 266 g/mol. The van der Waals surface area contributed by atoms with Gasteiger partial charge in [0.25, 0.3) is 0 Å². The van der Waals surface area contributed by atoms with E-state index in [0.29, 0.717) is 6.42 Å². The zero-order valence-electron chi connectivity index (χ0n) is 11.3. The van der Waals surface area contributed by atoms with Gasteiger partial charge in [-0.3, -0.25) is 4.79 Å². The Labute approximate surface area is 119 Å². The first-order valence-corrected chi connectivity index (χ1v) is 7.06. The van der Waals surface area contributed by atoms with Gasteiger partial charge in [-0.15, -0.1) is 0 Å². The van der Waals surface area contributed by atoms with E-state index in [0.717, 1.165) is 12.8 Å². The van der Waals surface area contributed by atoms with Gasteiger partial charge in [0.2, 0.25) is 0 Å². The maximum Gasteiger partial charge on any atom is 0.306 e. The summed E-state index contributed by atoms with van der Waals surface area (Å²) in [5.74, 6) is -0.908. The van der Waals surface area contributed by atoms with Gasteiger partial charge in [-0.25, -0.2) is 0 Å². The first kappa shape index (κ1) is 12.9. The third-order valence-electron chi connectivity index (χ3n) is 4.52. The van der Waals surface area contributed by atoms with Crippen LogP contribution in [0.4, 0.5) is 0 Å². The summed E-state index contributed by atoms with van der Waals surface area (Å²) in [4.78, 5) is 11.4. The van der Waals surface area contributed by atoms with E-state index in [4.69, 9.17) is 0 Å². The second-order valence-electron chi connectivity index (χ2n) is 5.59. The molecule has 0 heterocycles. The Hall–Kier alpha value is -2.09. The second kappa shape index (κ2) is 5.12. The van der Waals surface area contributed by atoms with E-state index in [9.17, 15) is 9.90 Å². The lowest BCUT2D eigenvalue weighted by atomic mass is 9.72. The van der Waals surface area contributed by atoms with Gasteiger partial charge >= 0.3 is 5.97 Å². The maximum atomic E-state index is 11.4. The molecule has 0 amide bonds. The van der Waals surface area contributed by atoms with Crippen LogP contribution in [0.2, 0.25) is 0 Å². The van der Waals surface area contributed by atoms with Crippen LogP contribution in [0, 0.1) is 5.92 Å². The van der Waals surface area contributed by atoms with Crippen LogP contribution in [0.3, 0.4) is 0 Å². The zero-order valence-corrected chi connectivity index (χ0v) is 11.3. The van der Waals surface area contributed by atoms with Gasteiger partial charge in [-0.2, -0.15) is 0 Å². The van der Waals surface area contributed by atoms with E-state index in [1.165, 1.54) is 11.1 Å². The molecule has 2 aromatic carbocycles. The van der Waals surface area contributed by atoms with Crippen molar-refractivity contribution in [3.8, 4) is 0 Å². The lowest BCUT2D eigenvalue weighted by Crippen LogP contribution is -2.25. The number of hydrogen-bond acceptors (Lipinski definition) is 1. The summed E-state index contributed by atoms with van der Waals surface area (Å²) in [6.45, 7) is 0. The van der Waals surface area contributed by atoms with Crippen molar-refractivity contribution in [1.82, 2.24) is 0 Å². The van der Waals surface area contributed by atoms with Crippen LogP contribution in [0.25, 0.3) is 0 Å². The molecule has 0 bridgehead atoms. The van der Waals surface area contributed by atoms with Crippen molar-refractivity contribution in [3.05, 3.63) is 71.8 Å². The smallest absolute Gasteiger partial charge is 0.306 e. The van der Waals surface area contributed by atoms with Crippen molar-refractivity contribution < 1.29 is 9.90 Å². The van der Waals surface area contributed by atoms with Gasteiger partial charge in [0.05, 0.1) is 5.92 Å². The van der Waals surface area contributed by atoms with E-state index >= 15 is 0 Å². The fraction of sp³-hybridized carbons (Fsp3) is 0.278. The summed E-state index contributed by atoms with van der Waals surface area (Å²) in [6.07, 6.45) is 2.34. The van der Waals surface area contributed by atoms with E-state index in [1.807, 2.05) is 36.4 Å². The topological polar surface area (TPSA) is 37.3 Å². The molecule has 3 rings (SSSR count). The first-order chi connectivity index (χ1) is 9.72. The monoisotopic (exact) mass is 266 g/mol. The molecule has 1 N–H and O–H groups in total. The predicted octanol–water partition coefficient (Wildman–Crippen LogP) is 3.86. The molecule has 20 heavy (non-hydrogen) atoms. The summed E-state index contributed by atoms with van der Waals surface area (Å²) in [5, 5.41) is 9.34. The quantitative estimate of drug-likeness (QED) is 0.916. The predicted molar refractivity (Wildman–Crippen MR) is 78.6 cm³/mol. The van der Waals surface area contributed by atoms with Crippen molar-refractivity contribution in [2.24, 2.45) is 5.92 Å². The fourth-order valence-electron chi connectivity index (χ4n) is 3.46. The molecule has 1 saturated carbocycles. The Bertz CT molecular complexity index is 550. The maximum absolute atomic E-state index is 11.4. The second-order valence-corrected chi connectivity index (χ2v) is 5.59. The molecule has 0 aliphatic heterocycles. The summed E-state index contributed by atoms with van der Waals surface area (Å²) in [6, 6.07) is 20.6. The molecular formula is C18H18O2. The van der Waals surface area contributed by atoms with Crippen LogP contribution in [0.1, 0.15) is 30.4 Å². The zero-order chi connectivity index (χ0) is 14.0. The number of carboxylic acids is 1. The Kier molecular flexibility index (Phi) is 3.31. The Morgan fingerprint density at radius 1 is 0.950 bits per heavy atom. The van der Waals surface area contributed by atoms with Crippen molar-refractivity contribution in [2.75, 3.05) is 0 Å². The lowest BCUT2D eigenvalue weighted by Gasteiger charge is -2.30. The van der Waals surface area contributed by atoms with Crippen LogP contribution in [0.5, 0.6) is 0 Å². The number of rotatable bonds is 3. The van der Waals surface area contributed by atoms with Crippen molar-refractivity contribution in [2.45, 2.75) is 24.7 Å². The number of benzene rings is 2. The highest BCUT2D eigenvalue weighted by Gasteiger charge is 2.44. The summed E-state index contributed by atoms with van der Waals surface area (Å²) < 4.78 is 0. The fourth-order valence-corrected chi connectivity index (χ4v) is 3.46. The molecule has 1 aliphatic rings. The normalized spacial score (nSPS) is 20.7. The number of carboxylic acid groups (broad SMARTS) is 1. The Morgan fingerprint density at radius 3 is 1.85 bits per heavy atom. The van der Waals surface area contributed by atoms with Crippen LogP contribution in [0.15, 0.2) is 60.7 Å². The van der Waals surface area contributed by atoms with Gasteiger partial charge < -0.3 is 5.11 Å². The molecule has 2 aromatic rings. The highest BCUT2D eigenvalue weighted by molar-refractivity contribution is 5.71. The minimum Gasteiger partial charge on any atom is -0.481 e. The number of carbonyl (C=O) groups is 1. The number of hydrogen-bond donors (Lipinski definition) is 1. The molecule has 1 unspecified atom stereocenters. The minimum absolute atomic E-state index is 0.147. The third-order valence-corrected chi connectivity index (χ3v) is 4.52. The van der Waals surface area contributed by atoms with Crippen LogP contribution in [-0.2, 0) is 10.2 Å². The highest BCUT2D eigenvalue weighted by Crippen LogP contribution is 2.48. The summed E-state index contributed by atoms with van der Waals surface area (Å²) in [5.41, 5.74) is 2.32. The van der Waals surface area contributed by atoms with E-state index in [-0.39, 0.29) is 11.3 Å². The molecule has 1 aliphatic carbocycles. The molecule has 0 aromatic heterocycles. The van der Waals surface area contributed by atoms with Gasteiger partial charge in [-0.1, -0.05) is 60.7 Å².